The van der Waals surface area contributed by atoms with Crippen molar-refractivity contribution in [3.8, 4) is 5.75 Å². The summed E-state index contributed by atoms with van der Waals surface area (Å²) in [4.78, 5) is 12.1. The van der Waals surface area contributed by atoms with Crippen LogP contribution in [-0.4, -0.2) is 19.1 Å². The van der Waals surface area contributed by atoms with E-state index in [1.165, 1.54) is 0 Å². The average molecular weight is 324 g/mol. The van der Waals surface area contributed by atoms with E-state index in [-0.39, 0.29) is 12.5 Å². The third-order valence-corrected chi connectivity index (χ3v) is 3.67. The molecule has 0 heterocycles. The summed E-state index contributed by atoms with van der Waals surface area (Å²) in [7, 11) is 0. The van der Waals surface area contributed by atoms with Crippen molar-refractivity contribution in [1.29, 1.82) is 0 Å². The molecule has 0 spiro atoms. The van der Waals surface area contributed by atoms with Crippen LogP contribution in [0.1, 0.15) is 18.1 Å². The summed E-state index contributed by atoms with van der Waals surface area (Å²) in [5.41, 5.74) is 4.94. The Morgan fingerprint density at radius 2 is 1.83 bits per heavy atom. The number of carbonyl (C=O) groups excluding carboxylic acids is 1. The fourth-order valence-electron chi connectivity index (χ4n) is 2.14. The molecule has 2 N–H and O–H groups in total. The van der Waals surface area contributed by atoms with Crippen LogP contribution in [0, 0.1) is 13.8 Å². The van der Waals surface area contributed by atoms with Crippen LogP contribution in [0.25, 0.3) is 0 Å². The van der Waals surface area contributed by atoms with E-state index in [4.69, 9.17) is 4.74 Å². The largest absolute Gasteiger partial charge is 0.489 e. The second-order valence-corrected chi connectivity index (χ2v) is 5.92. The number of ether oxygens (including phenoxy) is 1. The maximum atomic E-state index is 12.1. The van der Waals surface area contributed by atoms with Gasteiger partial charge in [0.1, 0.15) is 12.4 Å². The van der Waals surface area contributed by atoms with Gasteiger partial charge >= 0.3 is 0 Å². The number of hydrogen-bond donors (Lipinski definition) is 2. The van der Waals surface area contributed by atoms with Gasteiger partial charge in [0.2, 0.25) is 5.91 Å². The van der Waals surface area contributed by atoms with Crippen LogP contribution in [0.2, 0.25) is 0 Å². The molecule has 0 aromatic heterocycles. The van der Waals surface area contributed by atoms with Crippen LogP contribution in [-0.2, 0) is 4.79 Å². The van der Waals surface area contributed by atoms with Crippen molar-refractivity contribution in [3.05, 3.63) is 65.7 Å². The quantitative estimate of drug-likeness (QED) is 0.746. The second kappa shape index (κ2) is 8.20. The molecule has 1 amide bonds. The minimum Gasteiger partial charge on any atom is -0.489 e. The van der Waals surface area contributed by atoms with E-state index in [0.717, 1.165) is 33.8 Å². The van der Waals surface area contributed by atoms with Crippen molar-refractivity contribution in [1.82, 2.24) is 0 Å². The number of aryl methyl sites for hydroxylation is 1. The highest BCUT2D eigenvalue weighted by Crippen LogP contribution is 2.18. The number of nitrogens with one attached hydrogen (secondary N) is 2. The SMILES string of the molecule is C=C(C)COc1ccc(NCC(=O)Nc2cccc(C)c2C)cc1. The van der Waals surface area contributed by atoms with Crippen LogP contribution >= 0.6 is 0 Å². The molecule has 2 aromatic rings. The molecule has 0 aliphatic heterocycles. The van der Waals surface area contributed by atoms with E-state index in [9.17, 15) is 4.79 Å². The standard InChI is InChI=1S/C20H24N2O2/c1-14(2)13-24-18-10-8-17(9-11-18)21-12-20(23)22-19-7-5-6-15(3)16(19)4/h5-11,21H,1,12-13H2,2-4H3,(H,22,23). The monoisotopic (exact) mass is 324 g/mol. The van der Waals surface area contributed by atoms with Gasteiger partial charge in [-0.2, -0.15) is 0 Å². The molecule has 0 radical (unpaired) electrons. The van der Waals surface area contributed by atoms with Crippen LogP contribution in [0.15, 0.2) is 54.6 Å². The Balaban J connectivity index is 1.85. The molecule has 2 rings (SSSR count). The van der Waals surface area contributed by atoms with E-state index in [0.29, 0.717) is 6.61 Å². The summed E-state index contributed by atoms with van der Waals surface area (Å²) in [5, 5.41) is 6.04. The first-order valence-electron chi connectivity index (χ1n) is 7.93. The number of carbonyl (C=O) groups is 1. The molecule has 4 heteroatoms. The minimum absolute atomic E-state index is 0.0775. The van der Waals surface area contributed by atoms with Crippen molar-refractivity contribution >= 4 is 17.3 Å². The Hall–Kier alpha value is -2.75. The van der Waals surface area contributed by atoms with Gasteiger partial charge in [-0.05, 0) is 67.8 Å². The van der Waals surface area contributed by atoms with E-state index >= 15 is 0 Å². The first kappa shape index (κ1) is 17.6. The minimum atomic E-state index is -0.0775. The van der Waals surface area contributed by atoms with Gasteiger partial charge < -0.3 is 15.4 Å². The predicted octanol–water partition coefficient (Wildman–Crippen LogP) is 4.31. The smallest absolute Gasteiger partial charge is 0.243 e. The molecule has 0 saturated carbocycles. The lowest BCUT2D eigenvalue weighted by Crippen LogP contribution is -2.22. The summed E-state index contributed by atoms with van der Waals surface area (Å²) in [6.07, 6.45) is 0. The number of rotatable bonds is 7. The van der Waals surface area contributed by atoms with Gasteiger partial charge in [0, 0.05) is 11.4 Å². The third-order valence-electron chi connectivity index (χ3n) is 3.67. The Labute approximate surface area is 143 Å². The predicted molar refractivity (Wildman–Crippen MR) is 99.8 cm³/mol. The molecule has 0 fully saturated rings. The molecule has 4 nitrogen and oxygen atoms in total. The van der Waals surface area contributed by atoms with Crippen LogP contribution in [0.5, 0.6) is 5.75 Å². The van der Waals surface area contributed by atoms with Gasteiger partial charge in [0.15, 0.2) is 0 Å². The maximum Gasteiger partial charge on any atom is 0.243 e. The summed E-state index contributed by atoms with van der Waals surface area (Å²) >= 11 is 0. The molecule has 0 bridgehead atoms. The summed E-state index contributed by atoms with van der Waals surface area (Å²) in [5.74, 6) is 0.703. The number of hydrogen-bond acceptors (Lipinski definition) is 3. The molecule has 2 aromatic carbocycles. The third kappa shape index (κ3) is 5.16. The lowest BCUT2D eigenvalue weighted by Gasteiger charge is -2.12. The normalized spacial score (nSPS) is 10.1. The molecule has 0 saturated heterocycles. The fourth-order valence-corrected chi connectivity index (χ4v) is 2.14. The highest BCUT2D eigenvalue weighted by atomic mass is 16.5. The number of amides is 1. The highest BCUT2D eigenvalue weighted by Gasteiger charge is 2.06. The van der Waals surface area contributed by atoms with Gasteiger partial charge in [0.25, 0.3) is 0 Å². The molecule has 126 valence electrons. The fraction of sp³-hybridized carbons (Fsp3) is 0.250. The second-order valence-electron chi connectivity index (χ2n) is 5.92. The Morgan fingerprint density at radius 3 is 2.50 bits per heavy atom. The van der Waals surface area contributed by atoms with Crippen LogP contribution < -0.4 is 15.4 Å². The van der Waals surface area contributed by atoms with Gasteiger partial charge in [-0.15, -0.1) is 0 Å². The molecule has 0 aliphatic rings. The highest BCUT2D eigenvalue weighted by molar-refractivity contribution is 5.94. The molecule has 0 atom stereocenters. The van der Waals surface area contributed by atoms with Gasteiger partial charge in [-0.1, -0.05) is 18.7 Å². The van der Waals surface area contributed by atoms with E-state index < -0.39 is 0 Å². The lowest BCUT2D eigenvalue weighted by atomic mass is 10.1. The average Bonchev–Trinajstić information content (AvgIpc) is 2.56. The van der Waals surface area contributed by atoms with E-state index in [2.05, 4.69) is 17.2 Å². The first-order valence-corrected chi connectivity index (χ1v) is 7.93. The first-order chi connectivity index (χ1) is 11.5. The van der Waals surface area contributed by atoms with Crippen molar-refractivity contribution < 1.29 is 9.53 Å². The summed E-state index contributed by atoms with van der Waals surface area (Å²) < 4.78 is 5.54. The molecular weight excluding hydrogens is 300 g/mol. The Bertz CT molecular complexity index is 721. The zero-order valence-corrected chi connectivity index (χ0v) is 14.5. The zero-order chi connectivity index (χ0) is 17.5. The van der Waals surface area contributed by atoms with Gasteiger partial charge in [-0.25, -0.2) is 0 Å². The molecule has 24 heavy (non-hydrogen) atoms. The molecule has 0 unspecified atom stereocenters. The van der Waals surface area contributed by atoms with E-state index in [1.54, 1.807) is 0 Å². The van der Waals surface area contributed by atoms with Gasteiger partial charge in [0.05, 0.1) is 6.54 Å². The number of anilines is 2. The maximum absolute atomic E-state index is 12.1. The van der Waals surface area contributed by atoms with Crippen LogP contribution in [0.3, 0.4) is 0 Å². The van der Waals surface area contributed by atoms with Crippen LogP contribution in [0.4, 0.5) is 11.4 Å². The summed E-state index contributed by atoms with van der Waals surface area (Å²) in [6, 6.07) is 13.4. The summed E-state index contributed by atoms with van der Waals surface area (Å²) in [6.45, 7) is 10.5. The topological polar surface area (TPSA) is 50.4 Å². The lowest BCUT2D eigenvalue weighted by molar-refractivity contribution is -0.114. The van der Waals surface area contributed by atoms with Crippen molar-refractivity contribution in [2.24, 2.45) is 0 Å². The van der Waals surface area contributed by atoms with Crippen molar-refractivity contribution in [2.75, 3.05) is 23.8 Å². The van der Waals surface area contributed by atoms with E-state index in [1.807, 2.05) is 63.2 Å². The Kier molecular flexibility index (Phi) is 6.01. The molecular formula is C20H24N2O2. The number of benzene rings is 2. The zero-order valence-electron chi connectivity index (χ0n) is 14.5. The van der Waals surface area contributed by atoms with Crippen molar-refractivity contribution in [2.45, 2.75) is 20.8 Å². The van der Waals surface area contributed by atoms with Gasteiger partial charge in [-0.3, -0.25) is 4.79 Å². The van der Waals surface area contributed by atoms with Crippen molar-refractivity contribution in [3.63, 3.8) is 0 Å². The molecule has 0 aliphatic carbocycles. The Morgan fingerprint density at radius 1 is 1.12 bits per heavy atom.